The molecule has 2 aliphatic rings. The minimum absolute atomic E-state index is 0.101. The van der Waals surface area contributed by atoms with E-state index in [1.807, 2.05) is 17.2 Å². The van der Waals surface area contributed by atoms with Crippen molar-refractivity contribution in [3.63, 3.8) is 0 Å². The summed E-state index contributed by atoms with van der Waals surface area (Å²) in [6.07, 6.45) is 6.34. The summed E-state index contributed by atoms with van der Waals surface area (Å²) in [5.41, 5.74) is 6.23. The minimum atomic E-state index is -0.101. The smallest absolute Gasteiger partial charge is 0.266 e. The second-order valence-electron chi connectivity index (χ2n) is 7.32. The SMILES string of the molecule is O=C(NN1CCN(C(c2ccccc2)c2ccccc2)CC1)C1=CC=CCC1=S. The molecule has 0 unspecified atom stereocenters. The molecule has 1 N–H and O–H groups in total. The third-order valence-electron chi connectivity index (χ3n) is 5.42. The number of hydrazine groups is 1. The van der Waals surface area contributed by atoms with Crippen molar-refractivity contribution in [2.45, 2.75) is 12.5 Å². The van der Waals surface area contributed by atoms with Gasteiger partial charge in [0.2, 0.25) is 0 Å². The molecule has 4 nitrogen and oxygen atoms in total. The molecule has 1 saturated heterocycles. The summed E-state index contributed by atoms with van der Waals surface area (Å²) in [7, 11) is 0. The van der Waals surface area contributed by atoms with Gasteiger partial charge in [-0.25, -0.2) is 5.01 Å². The van der Waals surface area contributed by atoms with E-state index in [2.05, 4.69) is 71.0 Å². The van der Waals surface area contributed by atoms with Crippen molar-refractivity contribution < 1.29 is 4.79 Å². The summed E-state index contributed by atoms with van der Waals surface area (Å²) in [6, 6.07) is 21.5. The molecule has 1 amide bonds. The zero-order chi connectivity index (χ0) is 20.1. The van der Waals surface area contributed by atoms with E-state index < -0.39 is 0 Å². The highest BCUT2D eigenvalue weighted by atomic mass is 32.1. The van der Waals surface area contributed by atoms with E-state index in [0.29, 0.717) is 16.9 Å². The largest absolute Gasteiger partial charge is 0.290 e. The minimum Gasteiger partial charge on any atom is -0.290 e. The molecule has 0 radical (unpaired) electrons. The Hall–Kier alpha value is -2.60. The number of benzene rings is 2. The van der Waals surface area contributed by atoms with E-state index in [1.54, 1.807) is 6.08 Å². The second kappa shape index (κ2) is 9.27. The molecular formula is C24H25N3OS. The van der Waals surface area contributed by atoms with Crippen molar-refractivity contribution in [1.82, 2.24) is 15.3 Å². The highest BCUT2D eigenvalue weighted by molar-refractivity contribution is 7.81. The van der Waals surface area contributed by atoms with Crippen LogP contribution in [0.15, 0.2) is 84.5 Å². The number of piperazine rings is 1. The van der Waals surface area contributed by atoms with Crippen molar-refractivity contribution in [3.05, 3.63) is 95.6 Å². The van der Waals surface area contributed by atoms with Crippen LogP contribution in [0, 0.1) is 0 Å². The van der Waals surface area contributed by atoms with E-state index in [-0.39, 0.29) is 11.9 Å². The Morgan fingerprint density at radius 3 is 2.03 bits per heavy atom. The lowest BCUT2D eigenvalue weighted by molar-refractivity contribution is -0.122. The maximum atomic E-state index is 12.6. The molecule has 4 rings (SSSR count). The number of allylic oxidation sites excluding steroid dienone is 3. The van der Waals surface area contributed by atoms with E-state index in [1.165, 1.54) is 11.1 Å². The first-order valence-corrected chi connectivity index (χ1v) is 10.4. The van der Waals surface area contributed by atoms with E-state index in [9.17, 15) is 4.79 Å². The van der Waals surface area contributed by atoms with Crippen molar-refractivity contribution in [2.75, 3.05) is 26.2 Å². The fraction of sp³-hybridized carbons (Fsp3) is 0.250. The first-order chi connectivity index (χ1) is 14.2. The standard InChI is InChI=1S/C24H25N3OS/c28-24(21-13-7-8-14-22(21)29)25-27-17-15-26(16-18-27)23(19-9-3-1-4-10-19)20-11-5-2-6-12-20/h1-13,23H,14-18H2,(H,25,28). The summed E-state index contributed by atoms with van der Waals surface area (Å²) >= 11 is 5.33. The number of rotatable bonds is 5. The Labute approximate surface area is 177 Å². The van der Waals surface area contributed by atoms with Gasteiger partial charge in [-0.3, -0.25) is 15.1 Å². The lowest BCUT2D eigenvalue weighted by atomic mass is 9.96. The molecule has 0 aromatic heterocycles. The number of hydrogen-bond acceptors (Lipinski definition) is 4. The summed E-state index contributed by atoms with van der Waals surface area (Å²) in [4.78, 5) is 15.8. The van der Waals surface area contributed by atoms with Gasteiger partial charge in [-0.05, 0) is 17.2 Å². The number of nitrogens with zero attached hydrogens (tertiary/aromatic N) is 2. The van der Waals surface area contributed by atoms with Gasteiger partial charge in [0.15, 0.2) is 0 Å². The number of carbonyl (C=O) groups is 1. The van der Waals surface area contributed by atoms with Gasteiger partial charge in [0, 0.05) is 37.5 Å². The van der Waals surface area contributed by atoms with Crippen LogP contribution in [-0.2, 0) is 4.79 Å². The quantitative estimate of drug-likeness (QED) is 0.773. The van der Waals surface area contributed by atoms with Crippen molar-refractivity contribution in [1.29, 1.82) is 0 Å². The zero-order valence-corrected chi connectivity index (χ0v) is 17.1. The topological polar surface area (TPSA) is 35.6 Å². The summed E-state index contributed by atoms with van der Waals surface area (Å²) in [5.74, 6) is -0.101. The molecule has 29 heavy (non-hydrogen) atoms. The lowest BCUT2D eigenvalue weighted by Crippen LogP contribution is -2.54. The normalized spacial score (nSPS) is 18.0. The Kier molecular flexibility index (Phi) is 6.30. The highest BCUT2D eigenvalue weighted by Gasteiger charge is 2.27. The number of hydrogen-bond donors (Lipinski definition) is 1. The van der Waals surface area contributed by atoms with Gasteiger partial charge in [0.25, 0.3) is 5.91 Å². The van der Waals surface area contributed by atoms with Gasteiger partial charge < -0.3 is 0 Å². The van der Waals surface area contributed by atoms with Crippen LogP contribution in [0.2, 0.25) is 0 Å². The molecule has 5 heteroatoms. The van der Waals surface area contributed by atoms with Crippen LogP contribution in [0.1, 0.15) is 23.6 Å². The Morgan fingerprint density at radius 2 is 1.48 bits per heavy atom. The Balaban J connectivity index is 1.43. The average Bonchev–Trinajstić information content (AvgIpc) is 2.77. The number of carbonyl (C=O) groups excluding carboxylic acids is 1. The van der Waals surface area contributed by atoms with Gasteiger partial charge in [-0.1, -0.05) is 85.0 Å². The monoisotopic (exact) mass is 403 g/mol. The number of nitrogens with one attached hydrogen (secondary N) is 1. The summed E-state index contributed by atoms with van der Waals surface area (Å²) in [6.45, 7) is 3.30. The van der Waals surface area contributed by atoms with Gasteiger partial charge in [-0.2, -0.15) is 0 Å². The Bertz CT molecular complexity index is 876. The molecule has 0 saturated carbocycles. The second-order valence-corrected chi connectivity index (χ2v) is 7.82. The maximum absolute atomic E-state index is 12.6. The van der Waals surface area contributed by atoms with Gasteiger partial charge in [0.05, 0.1) is 11.6 Å². The molecule has 0 atom stereocenters. The summed E-state index contributed by atoms with van der Waals surface area (Å²) in [5, 5.41) is 2.01. The molecule has 0 bridgehead atoms. The maximum Gasteiger partial charge on any atom is 0.266 e. The van der Waals surface area contributed by atoms with Crippen molar-refractivity contribution >= 4 is 23.0 Å². The predicted octanol–water partition coefficient (Wildman–Crippen LogP) is 3.68. The third-order valence-corrected chi connectivity index (χ3v) is 5.80. The zero-order valence-electron chi connectivity index (χ0n) is 16.3. The molecule has 1 heterocycles. The van der Waals surface area contributed by atoms with Crippen molar-refractivity contribution in [3.8, 4) is 0 Å². The molecule has 1 aliphatic heterocycles. The van der Waals surface area contributed by atoms with Gasteiger partial charge in [0.1, 0.15) is 0 Å². The first-order valence-electron chi connectivity index (χ1n) is 10.0. The van der Waals surface area contributed by atoms with Crippen molar-refractivity contribution in [2.24, 2.45) is 0 Å². The highest BCUT2D eigenvalue weighted by Crippen LogP contribution is 2.29. The van der Waals surface area contributed by atoms with Crippen LogP contribution in [-0.4, -0.2) is 46.9 Å². The number of amides is 1. The molecular weight excluding hydrogens is 378 g/mol. The van der Waals surface area contributed by atoms with Crippen LogP contribution in [0.3, 0.4) is 0 Å². The molecule has 2 aromatic rings. The van der Waals surface area contributed by atoms with Gasteiger partial charge >= 0.3 is 0 Å². The molecule has 1 aliphatic carbocycles. The fourth-order valence-electron chi connectivity index (χ4n) is 3.93. The predicted molar refractivity (Wildman–Crippen MR) is 120 cm³/mol. The van der Waals surface area contributed by atoms with E-state index in [4.69, 9.17) is 12.2 Å². The molecule has 1 fully saturated rings. The van der Waals surface area contributed by atoms with Crippen LogP contribution >= 0.6 is 12.2 Å². The van der Waals surface area contributed by atoms with E-state index in [0.717, 1.165) is 26.2 Å². The van der Waals surface area contributed by atoms with Gasteiger partial charge in [-0.15, -0.1) is 0 Å². The molecule has 2 aromatic carbocycles. The molecule has 0 spiro atoms. The van der Waals surface area contributed by atoms with E-state index >= 15 is 0 Å². The average molecular weight is 404 g/mol. The fourth-order valence-corrected chi connectivity index (χ4v) is 4.18. The first kappa shape index (κ1) is 19.7. The van der Waals surface area contributed by atoms with Crippen LogP contribution in [0.25, 0.3) is 0 Å². The lowest BCUT2D eigenvalue weighted by Gasteiger charge is -2.39. The Morgan fingerprint density at radius 1 is 0.897 bits per heavy atom. The summed E-state index contributed by atoms with van der Waals surface area (Å²) < 4.78 is 0. The van der Waals surface area contributed by atoms with Crippen LogP contribution in [0.4, 0.5) is 0 Å². The van der Waals surface area contributed by atoms with Crippen LogP contribution in [0.5, 0.6) is 0 Å². The third kappa shape index (κ3) is 4.70. The van der Waals surface area contributed by atoms with Crippen LogP contribution < -0.4 is 5.43 Å². The molecule has 148 valence electrons. The number of thiocarbonyl (C=S) groups is 1.